The van der Waals surface area contributed by atoms with Gasteiger partial charge in [-0.3, -0.25) is 5.10 Å². The van der Waals surface area contributed by atoms with Gasteiger partial charge in [-0.05, 0) is 49.4 Å². The maximum absolute atomic E-state index is 4.08. The summed E-state index contributed by atoms with van der Waals surface area (Å²) in [7, 11) is 0. The maximum atomic E-state index is 4.08. The summed E-state index contributed by atoms with van der Waals surface area (Å²) in [6.45, 7) is 0.973. The molecule has 2 aromatic carbocycles. The topological polar surface area (TPSA) is 52.7 Å². The van der Waals surface area contributed by atoms with Gasteiger partial charge in [0.05, 0.1) is 11.7 Å². The van der Waals surface area contributed by atoms with Gasteiger partial charge in [0, 0.05) is 29.7 Å². The third-order valence-corrected chi connectivity index (χ3v) is 4.98. The third kappa shape index (κ3) is 3.60. The highest BCUT2D eigenvalue weighted by Crippen LogP contribution is 2.24. The van der Waals surface area contributed by atoms with E-state index in [0.717, 1.165) is 12.1 Å². The van der Waals surface area contributed by atoms with Crippen LogP contribution >= 0.6 is 0 Å². The molecule has 0 radical (unpaired) electrons. The van der Waals surface area contributed by atoms with Crippen molar-refractivity contribution < 1.29 is 0 Å². The van der Waals surface area contributed by atoms with Crippen molar-refractivity contribution in [3.63, 3.8) is 0 Å². The van der Waals surface area contributed by atoms with Gasteiger partial charge in [0.15, 0.2) is 0 Å². The Balaban J connectivity index is 1.26. The van der Waals surface area contributed by atoms with Crippen molar-refractivity contribution in [2.45, 2.75) is 44.3 Å². The Morgan fingerprint density at radius 2 is 1.75 bits per heavy atom. The third-order valence-electron chi connectivity index (χ3n) is 4.98. The first-order valence-corrected chi connectivity index (χ1v) is 8.84. The van der Waals surface area contributed by atoms with Crippen LogP contribution in [0, 0.1) is 0 Å². The summed E-state index contributed by atoms with van der Waals surface area (Å²) in [6, 6.07) is 18.3. The second-order valence-electron chi connectivity index (χ2n) is 6.73. The van der Waals surface area contributed by atoms with Gasteiger partial charge in [0.1, 0.15) is 0 Å². The van der Waals surface area contributed by atoms with E-state index in [1.165, 1.54) is 42.3 Å². The summed E-state index contributed by atoms with van der Waals surface area (Å²) in [5.41, 5.74) is 3.66. The lowest BCUT2D eigenvalue weighted by molar-refractivity contribution is 0.353. The van der Waals surface area contributed by atoms with Crippen LogP contribution in [0.4, 0.5) is 5.69 Å². The van der Waals surface area contributed by atoms with Crippen LogP contribution in [0.25, 0.3) is 10.9 Å². The molecule has 0 amide bonds. The molecule has 124 valence electrons. The van der Waals surface area contributed by atoms with Gasteiger partial charge < -0.3 is 10.6 Å². The molecule has 1 aliphatic rings. The Labute approximate surface area is 142 Å². The molecule has 3 aromatic rings. The minimum absolute atomic E-state index is 0.573. The van der Waals surface area contributed by atoms with Gasteiger partial charge in [0.2, 0.25) is 0 Å². The van der Waals surface area contributed by atoms with Gasteiger partial charge >= 0.3 is 0 Å². The highest BCUT2D eigenvalue weighted by Gasteiger charge is 2.20. The van der Waals surface area contributed by atoms with E-state index < -0.39 is 0 Å². The highest BCUT2D eigenvalue weighted by molar-refractivity contribution is 5.81. The molecule has 1 saturated carbocycles. The van der Waals surface area contributed by atoms with Crippen LogP contribution < -0.4 is 10.6 Å². The lowest BCUT2D eigenvalue weighted by Gasteiger charge is -2.30. The van der Waals surface area contributed by atoms with Crippen LogP contribution in [-0.4, -0.2) is 22.3 Å². The number of hydrogen-bond acceptors (Lipinski definition) is 3. The standard InChI is InChI=1S/C20H24N4/c1-2-4-15(5-3-1)13-21-17-6-8-18(9-7-17)23-19-10-11-20-16(12-19)14-22-24-20/h1-5,10-12,14,17-18,21,23H,6-9,13H2,(H,22,24)/t17-,18-. The molecule has 1 fully saturated rings. The molecule has 0 saturated heterocycles. The number of nitrogens with zero attached hydrogens (tertiary/aromatic N) is 1. The predicted octanol–water partition coefficient (Wildman–Crippen LogP) is 4.08. The molecule has 0 spiro atoms. The molecule has 0 aliphatic heterocycles. The summed E-state index contributed by atoms with van der Waals surface area (Å²) in [4.78, 5) is 0. The van der Waals surface area contributed by atoms with Gasteiger partial charge in [-0.1, -0.05) is 30.3 Å². The Kier molecular flexibility index (Phi) is 4.47. The normalized spacial score (nSPS) is 21.0. The molecule has 1 heterocycles. The number of anilines is 1. The second kappa shape index (κ2) is 7.05. The van der Waals surface area contributed by atoms with E-state index in [-0.39, 0.29) is 0 Å². The van der Waals surface area contributed by atoms with E-state index in [4.69, 9.17) is 0 Å². The molecule has 1 aromatic heterocycles. The van der Waals surface area contributed by atoms with E-state index in [2.05, 4.69) is 69.4 Å². The fourth-order valence-corrected chi connectivity index (χ4v) is 3.57. The molecule has 0 unspecified atom stereocenters. The van der Waals surface area contributed by atoms with E-state index in [1.54, 1.807) is 0 Å². The monoisotopic (exact) mass is 320 g/mol. The van der Waals surface area contributed by atoms with Gasteiger partial charge in [-0.2, -0.15) is 5.10 Å². The first kappa shape index (κ1) is 15.2. The molecule has 1 aliphatic carbocycles. The molecule has 4 heteroatoms. The van der Waals surface area contributed by atoms with Crippen molar-refractivity contribution >= 4 is 16.6 Å². The van der Waals surface area contributed by atoms with Gasteiger partial charge in [-0.15, -0.1) is 0 Å². The predicted molar refractivity (Wildman–Crippen MR) is 99.0 cm³/mol. The lowest BCUT2D eigenvalue weighted by Crippen LogP contribution is -2.36. The van der Waals surface area contributed by atoms with Crippen LogP contribution in [-0.2, 0) is 6.54 Å². The average molecular weight is 320 g/mol. The Morgan fingerprint density at radius 3 is 2.58 bits per heavy atom. The highest BCUT2D eigenvalue weighted by atomic mass is 15.1. The van der Waals surface area contributed by atoms with Gasteiger partial charge in [-0.25, -0.2) is 0 Å². The number of hydrogen-bond donors (Lipinski definition) is 3. The maximum Gasteiger partial charge on any atom is 0.0651 e. The summed E-state index contributed by atoms with van der Waals surface area (Å²) in [6.07, 6.45) is 6.79. The zero-order valence-electron chi connectivity index (χ0n) is 13.8. The minimum Gasteiger partial charge on any atom is -0.382 e. The Morgan fingerprint density at radius 1 is 0.958 bits per heavy atom. The van der Waals surface area contributed by atoms with E-state index in [9.17, 15) is 0 Å². The summed E-state index contributed by atoms with van der Waals surface area (Å²) < 4.78 is 0. The molecular formula is C20H24N4. The van der Waals surface area contributed by atoms with Crippen LogP contribution in [0.15, 0.2) is 54.7 Å². The minimum atomic E-state index is 0.573. The van der Waals surface area contributed by atoms with Crippen LogP contribution in [0.5, 0.6) is 0 Å². The van der Waals surface area contributed by atoms with Crippen LogP contribution in [0.1, 0.15) is 31.2 Å². The number of rotatable bonds is 5. The molecule has 4 rings (SSSR count). The molecule has 0 bridgehead atoms. The lowest BCUT2D eigenvalue weighted by atomic mass is 9.91. The smallest absolute Gasteiger partial charge is 0.0651 e. The molecule has 0 atom stereocenters. The summed E-state index contributed by atoms with van der Waals surface area (Å²) >= 11 is 0. The fraction of sp³-hybridized carbons (Fsp3) is 0.350. The van der Waals surface area contributed by atoms with Crippen molar-refractivity contribution in [2.24, 2.45) is 0 Å². The summed E-state index contributed by atoms with van der Waals surface area (Å²) in [5.74, 6) is 0. The number of H-pyrrole nitrogens is 1. The Hall–Kier alpha value is -2.33. The summed E-state index contributed by atoms with van der Waals surface area (Å²) in [5, 5.41) is 15.6. The first-order valence-electron chi connectivity index (χ1n) is 8.84. The van der Waals surface area contributed by atoms with Crippen molar-refractivity contribution in [3.05, 3.63) is 60.3 Å². The van der Waals surface area contributed by atoms with E-state index in [0.29, 0.717) is 12.1 Å². The number of aromatic amines is 1. The molecule has 24 heavy (non-hydrogen) atoms. The number of aromatic nitrogens is 2. The first-order chi connectivity index (χ1) is 11.9. The van der Waals surface area contributed by atoms with E-state index in [1.807, 2.05) is 6.20 Å². The van der Waals surface area contributed by atoms with Crippen molar-refractivity contribution in [2.75, 3.05) is 5.32 Å². The Bertz CT molecular complexity index is 772. The van der Waals surface area contributed by atoms with Crippen molar-refractivity contribution in [1.82, 2.24) is 15.5 Å². The van der Waals surface area contributed by atoms with Crippen molar-refractivity contribution in [1.29, 1.82) is 0 Å². The zero-order chi connectivity index (χ0) is 16.2. The SMILES string of the molecule is c1ccc(CN[C@H]2CC[C@H](Nc3ccc4[nH]ncc4c3)CC2)cc1. The average Bonchev–Trinajstić information content (AvgIpc) is 3.10. The quantitative estimate of drug-likeness (QED) is 0.664. The van der Waals surface area contributed by atoms with E-state index >= 15 is 0 Å². The number of benzene rings is 2. The molecule has 3 N–H and O–H groups in total. The molecular weight excluding hydrogens is 296 g/mol. The number of fused-ring (bicyclic) bond motifs is 1. The molecule has 4 nitrogen and oxygen atoms in total. The second-order valence-corrected chi connectivity index (χ2v) is 6.73. The van der Waals surface area contributed by atoms with Gasteiger partial charge in [0.25, 0.3) is 0 Å². The fourth-order valence-electron chi connectivity index (χ4n) is 3.57. The van der Waals surface area contributed by atoms with Crippen molar-refractivity contribution in [3.8, 4) is 0 Å². The largest absolute Gasteiger partial charge is 0.382 e. The zero-order valence-corrected chi connectivity index (χ0v) is 13.8. The van der Waals surface area contributed by atoms with Crippen LogP contribution in [0.3, 0.4) is 0 Å². The van der Waals surface area contributed by atoms with Crippen LogP contribution in [0.2, 0.25) is 0 Å². The number of nitrogens with one attached hydrogen (secondary N) is 3.